The number of nitrogens with two attached hydrogens (primary N) is 2. The minimum atomic E-state index is -1.29. The number of carbonyl (C=O) groups excluding carboxylic acids is 2. The number of nitrogen functional groups attached to an aromatic ring is 2. The molecule has 0 atom stereocenters. The van der Waals surface area contributed by atoms with Gasteiger partial charge in [-0.05, 0) is 35.4 Å². The largest absolute Gasteiger partial charge is 0.478 e. The van der Waals surface area contributed by atoms with Crippen LogP contribution in [-0.2, 0) is 9.59 Å². The summed E-state index contributed by atoms with van der Waals surface area (Å²) in [5.74, 6) is -3.60. The molecule has 18 heteroatoms. The molecule has 2 aromatic heterocycles. The van der Waals surface area contributed by atoms with Crippen molar-refractivity contribution in [2.45, 2.75) is 8.68 Å². The quantitative estimate of drug-likeness (QED) is 0.133. The molecule has 2 heterocycles. The summed E-state index contributed by atoms with van der Waals surface area (Å²) >= 11 is 4.45. The lowest BCUT2D eigenvalue weighted by Gasteiger charge is -2.13. The first-order chi connectivity index (χ1) is 19.1. The van der Waals surface area contributed by atoms with E-state index in [4.69, 9.17) is 11.5 Å². The highest BCUT2D eigenvalue weighted by molar-refractivity contribution is 8.02. The smallest absolute Gasteiger partial charge is 0.337 e. The van der Waals surface area contributed by atoms with Crippen LogP contribution in [0.25, 0.3) is 11.1 Å². The van der Waals surface area contributed by atoms with E-state index in [-0.39, 0.29) is 44.3 Å². The Morgan fingerprint density at radius 2 is 1.10 bits per heavy atom. The van der Waals surface area contributed by atoms with Crippen molar-refractivity contribution in [1.29, 1.82) is 0 Å². The van der Waals surface area contributed by atoms with E-state index >= 15 is 0 Å². The van der Waals surface area contributed by atoms with E-state index in [0.717, 1.165) is 46.2 Å². The van der Waals surface area contributed by atoms with Crippen molar-refractivity contribution in [3.05, 3.63) is 47.5 Å². The number of carboxylic acids is 2. The Hall–Kier alpha value is -4.26. The van der Waals surface area contributed by atoms with Crippen molar-refractivity contribution in [3.63, 3.8) is 0 Å². The molecular formula is C22H18N8O6S4. The topological polar surface area (TPSA) is 236 Å². The van der Waals surface area contributed by atoms with Crippen molar-refractivity contribution >= 4 is 91.6 Å². The SMILES string of the molecule is Nc1nnc(SCC(=O)Nc2ccc(-c3ccc(NC(=O)CSc4nnc(N)s4)c(C(=O)O)c3)cc2C(=O)O)s1. The third kappa shape index (κ3) is 7.44. The van der Waals surface area contributed by atoms with Gasteiger partial charge in [0.1, 0.15) is 0 Å². The zero-order valence-electron chi connectivity index (χ0n) is 20.0. The van der Waals surface area contributed by atoms with Crippen LogP contribution in [0.3, 0.4) is 0 Å². The van der Waals surface area contributed by atoms with Gasteiger partial charge in [0, 0.05) is 0 Å². The molecule has 2 amide bonds. The molecule has 0 unspecified atom stereocenters. The third-order valence-electron chi connectivity index (χ3n) is 4.88. The van der Waals surface area contributed by atoms with Crippen LogP contribution in [0.15, 0.2) is 45.1 Å². The molecule has 0 aliphatic carbocycles. The number of benzene rings is 2. The Morgan fingerprint density at radius 3 is 1.43 bits per heavy atom. The number of hydrogen-bond donors (Lipinski definition) is 6. The summed E-state index contributed by atoms with van der Waals surface area (Å²) in [6, 6.07) is 8.56. The standard InChI is InChI=1S/C22H18N8O6S4/c23-19-27-29-21(39-19)37-7-15(31)25-13-3-1-9(5-11(13)17(33)34)10-2-4-14(12(6-10)18(35)36)26-16(32)8-38-22-30-28-20(24)40-22/h1-6H,7-8H2,(H2,23,27)(H2,24,28)(H,25,31)(H,26,32)(H,33,34)(H,35,36). The predicted molar refractivity (Wildman–Crippen MR) is 153 cm³/mol. The van der Waals surface area contributed by atoms with Gasteiger partial charge in [-0.3, -0.25) is 9.59 Å². The van der Waals surface area contributed by atoms with Crippen molar-refractivity contribution in [2.75, 3.05) is 33.6 Å². The number of nitrogens with one attached hydrogen (secondary N) is 2. The van der Waals surface area contributed by atoms with Crippen molar-refractivity contribution in [1.82, 2.24) is 20.4 Å². The average Bonchev–Trinajstić information content (AvgIpc) is 3.53. The molecule has 0 aliphatic rings. The van der Waals surface area contributed by atoms with Gasteiger partial charge in [-0.1, -0.05) is 58.3 Å². The Bertz CT molecular complexity index is 1490. The molecule has 0 radical (unpaired) electrons. The highest BCUT2D eigenvalue weighted by Gasteiger charge is 2.18. The van der Waals surface area contributed by atoms with E-state index in [1.165, 1.54) is 24.3 Å². The molecular weight excluding hydrogens is 601 g/mol. The fraction of sp³-hybridized carbons (Fsp3) is 0.0909. The second-order valence-corrected chi connectivity index (χ2v) is 12.1. The van der Waals surface area contributed by atoms with Gasteiger partial charge in [0.2, 0.25) is 22.1 Å². The van der Waals surface area contributed by atoms with E-state index in [0.29, 0.717) is 19.8 Å². The zero-order valence-corrected chi connectivity index (χ0v) is 23.2. The number of hydrogen-bond acceptors (Lipinski definition) is 14. The molecule has 206 valence electrons. The Balaban J connectivity index is 1.48. The number of aromatic carboxylic acids is 2. The van der Waals surface area contributed by atoms with Crippen LogP contribution in [0.5, 0.6) is 0 Å². The number of nitrogens with zero attached hydrogens (tertiary/aromatic N) is 4. The molecule has 0 saturated heterocycles. The van der Waals surface area contributed by atoms with Crippen LogP contribution >= 0.6 is 46.2 Å². The zero-order chi connectivity index (χ0) is 28.8. The Labute approximate surface area is 241 Å². The van der Waals surface area contributed by atoms with E-state index < -0.39 is 23.8 Å². The van der Waals surface area contributed by atoms with Gasteiger partial charge in [0.15, 0.2) is 8.68 Å². The number of carbonyl (C=O) groups is 4. The van der Waals surface area contributed by atoms with E-state index in [1.54, 1.807) is 12.1 Å². The normalized spacial score (nSPS) is 10.7. The van der Waals surface area contributed by atoms with Gasteiger partial charge < -0.3 is 32.3 Å². The molecule has 8 N–H and O–H groups in total. The van der Waals surface area contributed by atoms with E-state index in [1.807, 2.05) is 0 Å². The maximum absolute atomic E-state index is 12.4. The van der Waals surface area contributed by atoms with Crippen molar-refractivity contribution < 1.29 is 29.4 Å². The van der Waals surface area contributed by atoms with Crippen LogP contribution in [0.4, 0.5) is 21.6 Å². The van der Waals surface area contributed by atoms with Gasteiger partial charge in [-0.15, -0.1) is 20.4 Å². The molecule has 0 bridgehead atoms. The molecule has 0 spiro atoms. The molecule has 0 saturated carbocycles. The number of rotatable bonds is 11. The number of carboxylic acid groups (broad SMARTS) is 2. The fourth-order valence-corrected chi connectivity index (χ4v) is 6.08. The average molecular weight is 619 g/mol. The minimum Gasteiger partial charge on any atom is -0.478 e. The second kappa shape index (κ2) is 12.7. The molecule has 4 rings (SSSR count). The molecule has 4 aromatic rings. The first-order valence-electron chi connectivity index (χ1n) is 10.9. The van der Waals surface area contributed by atoms with Gasteiger partial charge in [0.05, 0.1) is 34.0 Å². The van der Waals surface area contributed by atoms with Crippen molar-refractivity contribution in [2.24, 2.45) is 0 Å². The lowest BCUT2D eigenvalue weighted by Crippen LogP contribution is -2.17. The lowest BCUT2D eigenvalue weighted by atomic mass is 9.99. The number of aromatic nitrogens is 4. The molecule has 2 aromatic carbocycles. The van der Waals surface area contributed by atoms with Crippen LogP contribution in [-0.4, -0.2) is 65.9 Å². The summed E-state index contributed by atoms with van der Waals surface area (Å²) in [7, 11) is 0. The van der Waals surface area contributed by atoms with Crippen molar-refractivity contribution in [3.8, 4) is 11.1 Å². The Morgan fingerprint density at radius 1 is 0.700 bits per heavy atom. The monoisotopic (exact) mass is 618 g/mol. The highest BCUT2D eigenvalue weighted by atomic mass is 32.2. The number of anilines is 4. The molecule has 0 aliphatic heterocycles. The van der Waals surface area contributed by atoms with Gasteiger partial charge in [-0.2, -0.15) is 0 Å². The summed E-state index contributed by atoms with van der Waals surface area (Å²) < 4.78 is 0.993. The number of amides is 2. The minimum absolute atomic E-state index is 0.0438. The van der Waals surface area contributed by atoms with Crippen LogP contribution in [0.2, 0.25) is 0 Å². The second-order valence-electron chi connectivity index (χ2n) is 7.62. The summed E-state index contributed by atoms with van der Waals surface area (Å²) in [5, 5.41) is 40.1. The maximum Gasteiger partial charge on any atom is 0.337 e. The first kappa shape index (κ1) is 28.7. The third-order valence-corrected chi connectivity index (χ3v) is 8.65. The fourth-order valence-electron chi connectivity index (χ4n) is 3.20. The summed E-state index contributed by atoms with van der Waals surface area (Å²) in [6.45, 7) is 0. The molecule has 14 nitrogen and oxygen atoms in total. The number of thioether (sulfide) groups is 2. The summed E-state index contributed by atoms with van der Waals surface area (Å²) in [6.07, 6.45) is 0. The maximum atomic E-state index is 12.4. The molecule has 40 heavy (non-hydrogen) atoms. The van der Waals surface area contributed by atoms with Crippen LogP contribution < -0.4 is 22.1 Å². The predicted octanol–water partition coefficient (Wildman–Crippen LogP) is 3.08. The summed E-state index contributed by atoms with van der Waals surface area (Å²) in [5.41, 5.74) is 11.6. The Kier molecular flexibility index (Phi) is 9.15. The lowest BCUT2D eigenvalue weighted by molar-refractivity contribution is -0.114. The van der Waals surface area contributed by atoms with Crippen LogP contribution in [0, 0.1) is 0 Å². The van der Waals surface area contributed by atoms with E-state index in [2.05, 4.69) is 31.0 Å². The van der Waals surface area contributed by atoms with Gasteiger partial charge >= 0.3 is 11.9 Å². The summed E-state index contributed by atoms with van der Waals surface area (Å²) in [4.78, 5) is 48.6. The van der Waals surface area contributed by atoms with E-state index in [9.17, 15) is 29.4 Å². The first-order valence-corrected chi connectivity index (χ1v) is 14.5. The van der Waals surface area contributed by atoms with Gasteiger partial charge in [-0.25, -0.2) is 9.59 Å². The van der Waals surface area contributed by atoms with Gasteiger partial charge in [0.25, 0.3) is 0 Å². The molecule has 0 fully saturated rings. The highest BCUT2D eigenvalue weighted by Crippen LogP contribution is 2.30. The van der Waals surface area contributed by atoms with Crippen LogP contribution in [0.1, 0.15) is 20.7 Å².